The zero-order valence-electron chi connectivity index (χ0n) is 16.3. The van der Waals surface area contributed by atoms with Crippen LogP contribution in [0.2, 0.25) is 0 Å². The molecule has 1 aromatic rings. The van der Waals surface area contributed by atoms with E-state index in [9.17, 15) is 15.0 Å². The van der Waals surface area contributed by atoms with Crippen LogP contribution < -0.4 is 5.32 Å². The molecule has 0 fully saturated rings. The number of allylic oxidation sites excluding steroid dienone is 5. The SMILES string of the molecule is CC(C)=CCC/C(C)=C/CC/C(C)=C(\CO)Nc1ccccc1C(=O)O. The molecule has 0 amide bonds. The maximum Gasteiger partial charge on any atom is 0.337 e. The average Bonchev–Trinajstić information content (AvgIpc) is 2.59. The molecule has 0 atom stereocenters. The van der Waals surface area contributed by atoms with Crippen LogP contribution in [-0.4, -0.2) is 22.8 Å². The quantitative estimate of drug-likeness (QED) is 0.481. The standard InChI is InChI=1S/C22H31NO3/c1-16(2)9-7-10-17(3)11-8-12-18(4)21(15-24)23-20-14-6-5-13-19(20)22(25)26/h5-6,9,11,13-14,23-24H,7-8,10,12,15H2,1-4H3,(H,25,26)/b17-11+,21-18+. The fourth-order valence-corrected chi connectivity index (χ4v) is 2.60. The highest BCUT2D eigenvalue weighted by molar-refractivity contribution is 5.94. The molecule has 3 N–H and O–H groups in total. The Balaban J connectivity index is 2.71. The fourth-order valence-electron chi connectivity index (χ4n) is 2.60. The van der Waals surface area contributed by atoms with Crippen LogP contribution in [0.5, 0.6) is 0 Å². The Morgan fingerprint density at radius 2 is 1.69 bits per heavy atom. The lowest BCUT2D eigenvalue weighted by molar-refractivity contribution is 0.0698. The second-order valence-electron chi connectivity index (χ2n) is 6.80. The van der Waals surface area contributed by atoms with Crippen LogP contribution in [0.4, 0.5) is 5.69 Å². The molecule has 4 heteroatoms. The Hall–Kier alpha value is -2.33. The zero-order valence-corrected chi connectivity index (χ0v) is 16.3. The molecule has 0 aliphatic carbocycles. The van der Waals surface area contributed by atoms with Gasteiger partial charge in [0, 0.05) is 5.70 Å². The largest absolute Gasteiger partial charge is 0.478 e. The van der Waals surface area contributed by atoms with Crippen LogP contribution >= 0.6 is 0 Å². The van der Waals surface area contributed by atoms with Crippen molar-refractivity contribution < 1.29 is 15.0 Å². The lowest BCUT2D eigenvalue weighted by Gasteiger charge is -2.14. The van der Waals surface area contributed by atoms with Gasteiger partial charge in [0.15, 0.2) is 0 Å². The van der Waals surface area contributed by atoms with E-state index in [2.05, 4.69) is 38.2 Å². The van der Waals surface area contributed by atoms with Gasteiger partial charge < -0.3 is 15.5 Å². The minimum absolute atomic E-state index is 0.150. The Morgan fingerprint density at radius 1 is 1.04 bits per heavy atom. The van der Waals surface area contributed by atoms with Crippen molar-refractivity contribution in [1.82, 2.24) is 0 Å². The average molecular weight is 357 g/mol. The van der Waals surface area contributed by atoms with Crippen LogP contribution in [0.25, 0.3) is 0 Å². The third-order valence-corrected chi connectivity index (χ3v) is 4.22. The Bertz CT molecular complexity index is 695. The highest BCUT2D eigenvalue weighted by atomic mass is 16.4. The van der Waals surface area contributed by atoms with Gasteiger partial charge in [-0.2, -0.15) is 0 Å². The van der Waals surface area contributed by atoms with Crippen molar-refractivity contribution in [1.29, 1.82) is 0 Å². The van der Waals surface area contributed by atoms with E-state index < -0.39 is 5.97 Å². The number of para-hydroxylation sites is 1. The molecular formula is C22H31NO3. The van der Waals surface area contributed by atoms with Crippen molar-refractivity contribution in [3.8, 4) is 0 Å². The predicted octanol–water partition coefficient (Wildman–Crippen LogP) is 5.54. The molecule has 0 bridgehead atoms. The summed E-state index contributed by atoms with van der Waals surface area (Å²) in [6.07, 6.45) is 8.33. The number of aliphatic hydroxyl groups is 1. The molecule has 0 saturated heterocycles. The number of rotatable bonds is 10. The second-order valence-corrected chi connectivity index (χ2v) is 6.80. The van der Waals surface area contributed by atoms with Crippen LogP contribution in [0.15, 0.2) is 58.8 Å². The molecule has 26 heavy (non-hydrogen) atoms. The van der Waals surface area contributed by atoms with Crippen molar-refractivity contribution in [3.05, 3.63) is 64.4 Å². The van der Waals surface area contributed by atoms with Gasteiger partial charge in [-0.1, -0.05) is 41.0 Å². The van der Waals surface area contributed by atoms with Gasteiger partial charge >= 0.3 is 5.97 Å². The fraction of sp³-hybridized carbons (Fsp3) is 0.409. The first-order chi connectivity index (χ1) is 12.3. The Labute approximate surface area is 157 Å². The van der Waals surface area contributed by atoms with Crippen molar-refractivity contribution in [3.63, 3.8) is 0 Å². The van der Waals surface area contributed by atoms with Gasteiger partial charge in [0.25, 0.3) is 0 Å². The highest BCUT2D eigenvalue weighted by Crippen LogP contribution is 2.20. The molecule has 1 rings (SSSR count). The molecule has 0 aliphatic heterocycles. The number of carboxylic acids is 1. The molecule has 0 unspecified atom stereocenters. The molecule has 4 nitrogen and oxygen atoms in total. The number of nitrogens with one attached hydrogen (secondary N) is 1. The minimum Gasteiger partial charge on any atom is -0.478 e. The number of aliphatic hydroxyl groups excluding tert-OH is 1. The Kier molecular flexibility index (Phi) is 9.45. The van der Waals surface area contributed by atoms with Gasteiger partial charge in [-0.3, -0.25) is 0 Å². The van der Waals surface area contributed by atoms with E-state index in [-0.39, 0.29) is 12.2 Å². The van der Waals surface area contributed by atoms with Crippen molar-refractivity contribution in [2.75, 3.05) is 11.9 Å². The lowest BCUT2D eigenvalue weighted by Crippen LogP contribution is -2.10. The van der Waals surface area contributed by atoms with Crippen LogP contribution in [-0.2, 0) is 0 Å². The van der Waals surface area contributed by atoms with E-state index in [1.54, 1.807) is 24.3 Å². The number of anilines is 1. The van der Waals surface area contributed by atoms with Gasteiger partial charge in [0.05, 0.1) is 17.9 Å². The predicted molar refractivity (Wildman–Crippen MR) is 108 cm³/mol. The minimum atomic E-state index is -0.988. The third-order valence-electron chi connectivity index (χ3n) is 4.22. The summed E-state index contributed by atoms with van der Waals surface area (Å²) in [6, 6.07) is 6.72. The highest BCUT2D eigenvalue weighted by Gasteiger charge is 2.11. The molecule has 0 radical (unpaired) electrons. The topological polar surface area (TPSA) is 69.6 Å². The van der Waals surface area contributed by atoms with Crippen molar-refractivity contribution >= 4 is 11.7 Å². The van der Waals surface area contributed by atoms with E-state index >= 15 is 0 Å². The van der Waals surface area contributed by atoms with Crippen molar-refractivity contribution in [2.24, 2.45) is 0 Å². The number of carbonyl (C=O) groups is 1. The summed E-state index contributed by atoms with van der Waals surface area (Å²) in [5.41, 5.74) is 5.09. The summed E-state index contributed by atoms with van der Waals surface area (Å²) in [6.45, 7) is 8.18. The summed E-state index contributed by atoms with van der Waals surface area (Å²) in [5, 5.41) is 22.0. The molecule has 0 aliphatic rings. The first kappa shape index (κ1) is 21.7. The summed E-state index contributed by atoms with van der Waals surface area (Å²) in [4.78, 5) is 11.3. The van der Waals surface area contributed by atoms with Crippen LogP contribution in [0.3, 0.4) is 0 Å². The molecule has 0 aromatic heterocycles. The van der Waals surface area contributed by atoms with E-state index in [1.165, 1.54) is 11.1 Å². The first-order valence-corrected chi connectivity index (χ1v) is 9.03. The van der Waals surface area contributed by atoms with Crippen LogP contribution in [0, 0.1) is 0 Å². The van der Waals surface area contributed by atoms with Gasteiger partial charge in [0.2, 0.25) is 0 Å². The summed E-state index contributed by atoms with van der Waals surface area (Å²) in [5.74, 6) is -0.988. The number of benzene rings is 1. The molecule has 1 aromatic carbocycles. The Morgan fingerprint density at radius 3 is 2.31 bits per heavy atom. The number of hydrogen-bond acceptors (Lipinski definition) is 3. The molecule has 0 saturated carbocycles. The maximum atomic E-state index is 11.3. The maximum absolute atomic E-state index is 11.3. The van der Waals surface area contributed by atoms with E-state index in [0.717, 1.165) is 31.3 Å². The zero-order chi connectivity index (χ0) is 19.5. The number of aromatic carboxylic acids is 1. The van der Waals surface area contributed by atoms with Crippen molar-refractivity contribution in [2.45, 2.75) is 53.4 Å². The lowest BCUT2D eigenvalue weighted by atomic mass is 10.0. The third kappa shape index (κ3) is 7.70. The van der Waals surface area contributed by atoms with E-state index in [1.807, 2.05) is 6.92 Å². The molecule has 0 heterocycles. The van der Waals surface area contributed by atoms with E-state index in [0.29, 0.717) is 11.4 Å². The molecule has 142 valence electrons. The second kappa shape index (κ2) is 11.3. The van der Waals surface area contributed by atoms with Gasteiger partial charge in [-0.25, -0.2) is 4.79 Å². The molecular weight excluding hydrogens is 326 g/mol. The smallest absolute Gasteiger partial charge is 0.337 e. The summed E-state index contributed by atoms with van der Waals surface area (Å²) in [7, 11) is 0. The normalized spacial score (nSPS) is 12.4. The van der Waals surface area contributed by atoms with E-state index in [4.69, 9.17) is 0 Å². The van der Waals surface area contributed by atoms with Gasteiger partial charge in [-0.05, 0) is 65.5 Å². The summed E-state index contributed by atoms with van der Waals surface area (Å²) < 4.78 is 0. The monoisotopic (exact) mass is 357 g/mol. The summed E-state index contributed by atoms with van der Waals surface area (Å²) >= 11 is 0. The van der Waals surface area contributed by atoms with Gasteiger partial charge in [0.1, 0.15) is 0 Å². The first-order valence-electron chi connectivity index (χ1n) is 9.03. The number of carboxylic acid groups (broad SMARTS) is 1. The number of hydrogen-bond donors (Lipinski definition) is 3. The van der Waals surface area contributed by atoms with Crippen LogP contribution in [0.1, 0.15) is 63.7 Å². The molecule has 0 spiro atoms. The van der Waals surface area contributed by atoms with Gasteiger partial charge in [-0.15, -0.1) is 0 Å².